The zero-order valence-corrected chi connectivity index (χ0v) is 14.4. The average Bonchev–Trinajstić information content (AvgIpc) is 3.06. The predicted octanol–water partition coefficient (Wildman–Crippen LogP) is 5.30. The van der Waals surface area contributed by atoms with Gasteiger partial charge in [-0.3, -0.25) is 4.79 Å². The first-order valence-electron chi connectivity index (χ1n) is 8.49. The van der Waals surface area contributed by atoms with Crippen LogP contribution in [0.1, 0.15) is 37.0 Å². The summed E-state index contributed by atoms with van der Waals surface area (Å²) in [6.45, 7) is 4.20. The van der Waals surface area contributed by atoms with Crippen LogP contribution in [0.15, 0.2) is 60.8 Å². The molecular weight excluding hydrogens is 315 g/mol. The van der Waals surface area contributed by atoms with Crippen LogP contribution in [-0.2, 0) is 0 Å². The number of halogens is 1. The first-order chi connectivity index (χ1) is 12.0. The van der Waals surface area contributed by atoms with Gasteiger partial charge in [0.25, 0.3) is 0 Å². The molecule has 0 N–H and O–H groups in total. The fourth-order valence-electron chi connectivity index (χ4n) is 2.67. The van der Waals surface area contributed by atoms with Gasteiger partial charge in [0, 0.05) is 18.2 Å². The summed E-state index contributed by atoms with van der Waals surface area (Å²) in [6.07, 6.45) is 3.08. The highest BCUT2D eigenvalue weighted by Gasteiger charge is 2.18. The molecule has 0 spiro atoms. The highest BCUT2D eigenvalue weighted by Crippen LogP contribution is 2.26. The number of benzene rings is 2. The molecule has 0 aliphatic carbocycles. The van der Waals surface area contributed by atoms with E-state index in [1.54, 1.807) is 23.0 Å². The number of nitrogens with zero attached hydrogens (tertiary/aromatic N) is 2. The fourth-order valence-corrected chi connectivity index (χ4v) is 2.67. The predicted molar refractivity (Wildman–Crippen MR) is 97.4 cm³/mol. The van der Waals surface area contributed by atoms with Gasteiger partial charge < -0.3 is 0 Å². The maximum absolute atomic E-state index is 13.2. The molecule has 25 heavy (non-hydrogen) atoms. The molecule has 0 saturated carbocycles. The molecule has 1 heterocycles. The normalized spacial score (nSPS) is 11.0. The molecule has 0 radical (unpaired) electrons. The second-order valence-electron chi connectivity index (χ2n) is 6.53. The van der Waals surface area contributed by atoms with Crippen molar-refractivity contribution in [2.24, 2.45) is 5.92 Å². The molecule has 0 unspecified atom stereocenters. The van der Waals surface area contributed by atoms with E-state index in [1.807, 2.05) is 30.3 Å². The van der Waals surface area contributed by atoms with Crippen LogP contribution in [0.5, 0.6) is 0 Å². The third-order valence-electron chi connectivity index (χ3n) is 4.10. The van der Waals surface area contributed by atoms with Crippen LogP contribution in [0.3, 0.4) is 0 Å². The summed E-state index contributed by atoms with van der Waals surface area (Å²) < 4.78 is 15.0. The van der Waals surface area contributed by atoms with E-state index in [0.717, 1.165) is 17.7 Å². The second kappa shape index (κ2) is 7.43. The number of aromatic nitrogens is 2. The standard InChI is InChI=1S/C21H21FN2O/c1-15(2)8-13-20(25)19-14-24(18-6-4-3-5-7-18)23-21(19)16-9-11-17(22)12-10-16/h3-7,9-12,14-15H,8,13H2,1-2H3. The van der Waals surface area contributed by atoms with Crippen molar-refractivity contribution >= 4 is 5.78 Å². The quantitative estimate of drug-likeness (QED) is 0.573. The summed E-state index contributed by atoms with van der Waals surface area (Å²) >= 11 is 0. The Hall–Kier alpha value is -2.75. The van der Waals surface area contributed by atoms with Crippen molar-refractivity contribution in [3.8, 4) is 16.9 Å². The smallest absolute Gasteiger partial charge is 0.166 e. The molecular formula is C21H21FN2O. The maximum atomic E-state index is 13.2. The van der Waals surface area contributed by atoms with Crippen molar-refractivity contribution in [2.75, 3.05) is 0 Å². The van der Waals surface area contributed by atoms with Gasteiger partial charge in [0.05, 0.1) is 11.3 Å². The third kappa shape index (κ3) is 4.02. The molecule has 0 atom stereocenters. The number of carbonyl (C=O) groups excluding carboxylic acids is 1. The van der Waals surface area contributed by atoms with Gasteiger partial charge in [-0.2, -0.15) is 5.10 Å². The van der Waals surface area contributed by atoms with Crippen LogP contribution in [0, 0.1) is 11.7 Å². The van der Waals surface area contributed by atoms with E-state index in [0.29, 0.717) is 23.6 Å². The van der Waals surface area contributed by atoms with Crippen molar-refractivity contribution in [1.29, 1.82) is 0 Å². The van der Waals surface area contributed by atoms with Gasteiger partial charge >= 0.3 is 0 Å². The number of hydrogen-bond acceptors (Lipinski definition) is 2. The number of para-hydroxylation sites is 1. The van der Waals surface area contributed by atoms with Crippen molar-refractivity contribution < 1.29 is 9.18 Å². The van der Waals surface area contributed by atoms with E-state index in [2.05, 4.69) is 18.9 Å². The minimum Gasteiger partial charge on any atom is -0.294 e. The van der Waals surface area contributed by atoms with Gasteiger partial charge in [0.1, 0.15) is 11.5 Å². The molecule has 0 amide bonds. The molecule has 0 aliphatic heterocycles. The lowest BCUT2D eigenvalue weighted by Crippen LogP contribution is -2.02. The van der Waals surface area contributed by atoms with E-state index >= 15 is 0 Å². The topological polar surface area (TPSA) is 34.9 Å². The van der Waals surface area contributed by atoms with Gasteiger partial charge in [-0.05, 0) is 48.7 Å². The molecule has 3 aromatic rings. The van der Waals surface area contributed by atoms with E-state index < -0.39 is 0 Å². The Morgan fingerprint density at radius 2 is 1.76 bits per heavy atom. The van der Waals surface area contributed by atoms with Gasteiger partial charge in [-0.15, -0.1) is 0 Å². The first-order valence-corrected chi connectivity index (χ1v) is 8.49. The summed E-state index contributed by atoms with van der Waals surface area (Å²) in [6, 6.07) is 15.7. The Labute approximate surface area is 147 Å². The lowest BCUT2D eigenvalue weighted by atomic mass is 9.99. The molecule has 128 valence electrons. The molecule has 3 nitrogen and oxygen atoms in total. The van der Waals surface area contributed by atoms with Crippen LogP contribution in [0.4, 0.5) is 4.39 Å². The molecule has 1 aromatic heterocycles. The van der Waals surface area contributed by atoms with Crippen LogP contribution >= 0.6 is 0 Å². The molecule has 0 fully saturated rings. The molecule has 0 saturated heterocycles. The summed E-state index contributed by atoms with van der Waals surface area (Å²) in [5.41, 5.74) is 2.80. The van der Waals surface area contributed by atoms with Crippen molar-refractivity contribution in [3.63, 3.8) is 0 Å². The van der Waals surface area contributed by atoms with Crippen molar-refractivity contribution in [3.05, 3.63) is 72.2 Å². The van der Waals surface area contributed by atoms with E-state index in [-0.39, 0.29) is 11.6 Å². The van der Waals surface area contributed by atoms with Gasteiger partial charge in [-0.1, -0.05) is 32.0 Å². The first kappa shape index (κ1) is 17.1. The van der Waals surface area contributed by atoms with Gasteiger partial charge in [0.15, 0.2) is 5.78 Å². The van der Waals surface area contributed by atoms with Crippen molar-refractivity contribution in [1.82, 2.24) is 9.78 Å². The molecule has 0 aliphatic rings. The number of carbonyl (C=O) groups is 1. The van der Waals surface area contributed by atoms with Gasteiger partial charge in [-0.25, -0.2) is 9.07 Å². The van der Waals surface area contributed by atoms with Crippen LogP contribution in [-0.4, -0.2) is 15.6 Å². The van der Waals surface area contributed by atoms with Crippen LogP contribution < -0.4 is 0 Å². The zero-order valence-electron chi connectivity index (χ0n) is 14.4. The summed E-state index contributed by atoms with van der Waals surface area (Å²) in [5.74, 6) is 0.219. The Kier molecular flexibility index (Phi) is 5.08. The Morgan fingerprint density at radius 3 is 2.40 bits per heavy atom. The maximum Gasteiger partial charge on any atom is 0.166 e. The number of hydrogen-bond donors (Lipinski definition) is 0. The van der Waals surface area contributed by atoms with Crippen molar-refractivity contribution in [2.45, 2.75) is 26.7 Å². The Morgan fingerprint density at radius 1 is 1.08 bits per heavy atom. The number of rotatable bonds is 6. The molecule has 0 bridgehead atoms. The largest absolute Gasteiger partial charge is 0.294 e. The highest BCUT2D eigenvalue weighted by molar-refractivity contribution is 6.01. The molecule has 4 heteroatoms. The minimum atomic E-state index is -0.307. The Bertz CT molecular complexity index is 851. The molecule has 2 aromatic carbocycles. The number of Topliss-reactive ketones (excluding diaryl/α,β-unsaturated/α-hetero) is 1. The average molecular weight is 336 g/mol. The minimum absolute atomic E-state index is 0.0650. The zero-order chi connectivity index (χ0) is 17.8. The Balaban J connectivity index is 2.03. The summed E-state index contributed by atoms with van der Waals surface area (Å²) in [7, 11) is 0. The van der Waals surface area contributed by atoms with Crippen LogP contribution in [0.25, 0.3) is 16.9 Å². The lowest BCUT2D eigenvalue weighted by Gasteiger charge is -2.04. The second-order valence-corrected chi connectivity index (χ2v) is 6.53. The van der Waals surface area contributed by atoms with Gasteiger partial charge in [0.2, 0.25) is 0 Å². The SMILES string of the molecule is CC(C)CCC(=O)c1cn(-c2ccccc2)nc1-c1ccc(F)cc1. The third-order valence-corrected chi connectivity index (χ3v) is 4.10. The molecule has 3 rings (SSSR count). The van der Waals surface area contributed by atoms with E-state index in [1.165, 1.54) is 12.1 Å². The van der Waals surface area contributed by atoms with Crippen LogP contribution in [0.2, 0.25) is 0 Å². The highest BCUT2D eigenvalue weighted by atomic mass is 19.1. The lowest BCUT2D eigenvalue weighted by molar-refractivity contribution is 0.0976. The summed E-state index contributed by atoms with van der Waals surface area (Å²) in [5, 5.41) is 4.60. The van der Waals surface area contributed by atoms with E-state index in [4.69, 9.17) is 0 Å². The summed E-state index contributed by atoms with van der Waals surface area (Å²) in [4.78, 5) is 12.7. The number of ketones is 1. The van der Waals surface area contributed by atoms with E-state index in [9.17, 15) is 9.18 Å². The fraction of sp³-hybridized carbons (Fsp3) is 0.238. The monoisotopic (exact) mass is 336 g/mol.